The van der Waals surface area contributed by atoms with Crippen molar-refractivity contribution in [2.24, 2.45) is 22.8 Å². The molecule has 2 rings (SSSR count). The quantitative estimate of drug-likeness (QED) is 0.672. The van der Waals surface area contributed by atoms with Crippen LogP contribution in [0.1, 0.15) is 32.1 Å². The smallest absolute Gasteiger partial charge is 0.224 e. The van der Waals surface area contributed by atoms with E-state index in [0.29, 0.717) is 29.4 Å². The zero-order valence-corrected chi connectivity index (χ0v) is 15.8. The highest BCUT2D eigenvalue weighted by atomic mass is 32.2. The fourth-order valence-corrected chi connectivity index (χ4v) is 5.32. The third-order valence-electron chi connectivity index (χ3n) is 4.82. The molecule has 1 aromatic rings. The van der Waals surface area contributed by atoms with Crippen molar-refractivity contribution in [1.29, 1.82) is 5.26 Å². The summed E-state index contributed by atoms with van der Waals surface area (Å²) in [5.41, 5.74) is 10.4. The van der Waals surface area contributed by atoms with E-state index in [0.717, 1.165) is 24.2 Å². The maximum absolute atomic E-state index is 14.1. The molecule has 0 aromatic heterocycles. The molecule has 1 fully saturated rings. The lowest BCUT2D eigenvalue weighted by Gasteiger charge is -2.40. The molecule has 2 atom stereocenters. The first-order valence-corrected chi connectivity index (χ1v) is 10.4. The van der Waals surface area contributed by atoms with Gasteiger partial charge in [0.25, 0.3) is 0 Å². The van der Waals surface area contributed by atoms with Gasteiger partial charge in [-0.1, -0.05) is 12.8 Å². The molecule has 1 aromatic carbocycles. The number of hydrogen-bond donors (Lipinski definition) is 2. The zero-order chi connectivity index (χ0) is 18.3. The summed E-state index contributed by atoms with van der Waals surface area (Å²) in [5.74, 6) is 0.780. The highest BCUT2D eigenvalue weighted by Crippen LogP contribution is 2.46. The molecule has 1 aliphatic carbocycles. The number of rotatable bonds is 8. The Balaban J connectivity index is 2.07. The second-order valence-electron chi connectivity index (χ2n) is 6.34. The number of nitrogens with two attached hydrogens (primary N) is 2. The normalized spacial score (nSPS) is 23.2. The molecule has 7 heteroatoms. The highest BCUT2D eigenvalue weighted by molar-refractivity contribution is 7.99. The summed E-state index contributed by atoms with van der Waals surface area (Å²) in [7, 11) is 0. The molecule has 2 unspecified atom stereocenters. The fourth-order valence-electron chi connectivity index (χ4n) is 3.39. The largest absolute Gasteiger partial charge is 0.369 e. The van der Waals surface area contributed by atoms with Crippen LogP contribution in [0.15, 0.2) is 28.0 Å². The Bertz CT molecular complexity index is 650. The van der Waals surface area contributed by atoms with Crippen LogP contribution in [0.5, 0.6) is 0 Å². The van der Waals surface area contributed by atoms with Crippen LogP contribution < -0.4 is 11.5 Å². The first-order chi connectivity index (χ1) is 12.0. The molecule has 1 saturated carbocycles. The first kappa shape index (κ1) is 20.1. The number of nitrogens with zero attached hydrogens (tertiary/aromatic N) is 1. The van der Waals surface area contributed by atoms with Gasteiger partial charge in [-0.2, -0.15) is 5.26 Å². The van der Waals surface area contributed by atoms with E-state index in [1.807, 2.05) is 6.07 Å². The van der Waals surface area contributed by atoms with E-state index in [4.69, 9.17) is 16.7 Å². The Labute approximate surface area is 156 Å². The van der Waals surface area contributed by atoms with Crippen LogP contribution in [0.25, 0.3) is 0 Å². The van der Waals surface area contributed by atoms with Crippen molar-refractivity contribution in [2.75, 3.05) is 18.1 Å². The Morgan fingerprint density at radius 2 is 2.20 bits per heavy atom. The monoisotopic (exact) mass is 381 g/mol. The van der Waals surface area contributed by atoms with Gasteiger partial charge in [0.2, 0.25) is 5.91 Å². The summed E-state index contributed by atoms with van der Waals surface area (Å²) >= 11 is 2.93. The third kappa shape index (κ3) is 4.90. The molecule has 0 heterocycles. The molecular formula is C18H24FN3OS2. The minimum absolute atomic E-state index is 0.0535. The van der Waals surface area contributed by atoms with Crippen molar-refractivity contribution in [3.05, 3.63) is 24.0 Å². The van der Waals surface area contributed by atoms with Gasteiger partial charge in [0, 0.05) is 34.3 Å². The van der Waals surface area contributed by atoms with Crippen LogP contribution in [-0.4, -0.2) is 24.0 Å². The van der Waals surface area contributed by atoms with Crippen molar-refractivity contribution in [3.63, 3.8) is 0 Å². The third-order valence-corrected chi connectivity index (χ3v) is 7.06. The predicted octanol–water partition coefficient (Wildman–Crippen LogP) is 3.54. The minimum atomic E-state index is -0.741. The van der Waals surface area contributed by atoms with Crippen LogP contribution in [-0.2, 0) is 4.79 Å². The summed E-state index contributed by atoms with van der Waals surface area (Å²) in [4.78, 5) is 13.5. The summed E-state index contributed by atoms with van der Waals surface area (Å²) < 4.78 is 14.1. The maximum Gasteiger partial charge on any atom is 0.224 e. The lowest BCUT2D eigenvalue weighted by molar-refractivity contribution is -0.132. The van der Waals surface area contributed by atoms with Gasteiger partial charge in [-0.05, 0) is 37.0 Å². The molecule has 0 saturated heterocycles. The number of benzene rings is 1. The van der Waals surface area contributed by atoms with Crippen molar-refractivity contribution < 1.29 is 9.18 Å². The number of hydrogen-bond acceptors (Lipinski definition) is 5. The molecule has 0 spiro atoms. The number of halogens is 1. The van der Waals surface area contributed by atoms with Gasteiger partial charge in [0.15, 0.2) is 0 Å². The van der Waals surface area contributed by atoms with E-state index >= 15 is 0 Å². The van der Waals surface area contributed by atoms with Crippen molar-refractivity contribution >= 4 is 29.4 Å². The van der Waals surface area contributed by atoms with E-state index in [9.17, 15) is 9.18 Å². The molecule has 4 nitrogen and oxygen atoms in total. The number of thioether (sulfide) groups is 2. The second-order valence-corrected chi connectivity index (χ2v) is 8.57. The molecule has 25 heavy (non-hydrogen) atoms. The Hall–Kier alpha value is -1.23. The molecular weight excluding hydrogens is 357 g/mol. The van der Waals surface area contributed by atoms with Gasteiger partial charge in [-0.3, -0.25) is 4.79 Å². The van der Waals surface area contributed by atoms with Crippen LogP contribution in [0.4, 0.5) is 4.39 Å². The second kappa shape index (κ2) is 9.46. The van der Waals surface area contributed by atoms with E-state index in [2.05, 4.69) is 6.07 Å². The van der Waals surface area contributed by atoms with Crippen LogP contribution in [0.3, 0.4) is 0 Å². The van der Waals surface area contributed by atoms with E-state index in [1.54, 1.807) is 6.07 Å². The van der Waals surface area contributed by atoms with Crippen LogP contribution in [0.2, 0.25) is 0 Å². The number of nitriles is 1. The molecule has 136 valence electrons. The average molecular weight is 382 g/mol. The predicted molar refractivity (Wildman–Crippen MR) is 101 cm³/mol. The number of amides is 1. The van der Waals surface area contributed by atoms with E-state index in [-0.39, 0.29) is 24.1 Å². The molecule has 0 bridgehead atoms. The topological polar surface area (TPSA) is 92.9 Å². The average Bonchev–Trinajstić information content (AvgIpc) is 2.60. The van der Waals surface area contributed by atoms with Crippen LogP contribution in [0, 0.1) is 28.5 Å². The lowest BCUT2D eigenvalue weighted by Crippen LogP contribution is -2.46. The summed E-state index contributed by atoms with van der Waals surface area (Å²) in [5, 5.41) is 9.15. The summed E-state index contributed by atoms with van der Waals surface area (Å²) in [6, 6.07) is 7.34. The van der Waals surface area contributed by atoms with Crippen molar-refractivity contribution in [2.45, 2.75) is 41.9 Å². The van der Waals surface area contributed by atoms with Gasteiger partial charge >= 0.3 is 0 Å². The standard InChI is InChI=1S/C18H24FN3OS2/c19-15-11-14(4-5-16(15)24-10-9-21)25-12-13-3-1-2-6-18(13,7-8-20)17(22)23/h4-5,11,13H,1-3,6-7,9-10,12,21H2,(H2,22,23). The molecule has 0 radical (unpaired) electrons. The molecule has 1 amide bonds. The Kier molecular flexibility index (Phi) is 7.60. The Morgan fingerprint density at radius 1 is 1.40 bits per heavy atom. The minimum Gasteiger partial charge on any atom is -0.369 e. The van der Waals surface area contributed by atoms with Crippen LogP contribution >= 0.6 is 23.5 Å². The highest BCUT2D eigenvalue weighted by Gasteiger charge is 2.45. The number of carbonyl (C=O) groups excluding carboxylic acids is 1. The van der Waals surface area contributed by atoms with Gasteiger partial charge in [0.1, 0.15) is 5.82 Å². The van der Waals surface area contributed by atoms with Gasteiger partial charge in [0.05, 0.1) is 11.5 Å². The lowest BCUT2D eigenvalue weighted by atomic mass is 9.65. The molecule has 0 aliphatic heterocycles. The van der Waals surface area contributed by atoms with Gasteiger partial charge in [-0.15, -0.1) is 23.5 Å². The first-order valence-electron chi connectivity index (χ1n) is 8.45. The zero-order valence-electron chi connectivity index (χ0n) is 14.2. The molecule has 4 N–H and O–H groups in total. The van der Waals surface area contributed by atoms with E-state index < -0.39 is 5.41 Å². The maximum atomic E-state index is 14.1. The summed E-state index contributed by atoms with van der Waals surface area (Å²) in [6.07, 6.45) is 3.67. The van der Waals surface area contributed by atoms with Crippen molar-refractivity contribution in [1.82, 2.24) is 0 Å². The molecule has 1 aliphatic rings. The fraction of sp³-hybridized carbons (Fsp3) is 0.556. The summed E-state index contributed by atoms with van der Waals surface area (Å²) in [6.45, 7) is 0.510. The van der Waals surface area contributed by atoms with Gasteiger partial charge < -0.3 is 11.5 Å². The van der Waals surface area contributed by atoms with Crippen molar-refractivity contribution in [3.8, 4) is 6.07 Å². The SMILES string of the molecule is N#CCC1(C(N)=O)CCCCC1CSc1ccc(SCCN)c(F)c1. The van der Waals surface area contributed by atoms with E-state index in [1.165, 1.54) is 29.6 Å². The number of primary amides is 1. The number of carbonyl (C=O) groups is 1. The van der Waals surface area contributed by atoms with Gasteiger partial charge in [-0.25, -0.2) is 4.39 Å². The Morgan fingerprint density at radius 3 is 2.84 bits per heavy atom.